The molecule has 9 heteroatoms. The molecule has 0 aliphatic carbocycles. The molecule has 0 fully saturated rings. The van der Waals surface area contributed by atoms with Gasteiger partial charge in [0, 0.05) is 18.0 Å². The standard InChI is InChI=1S/C18H16N4O5/c1-10(21-17(23)13-9-19-7-8-20-13)14-15(22-27-16(14)18(24)25)11-3-5-12(26-2)6-4-11/h3-10H,1-2H3,(H,21,23)(H,24,25)/t10-/m1/s1. The van der Waals surface area contributed by atoms with Crippen molar-refractivity contribution in [2.75, 3.05) is 7.11 Å². The Kier molecular flexibility index (Phi) is 5.11. The molecule has 0 unspecified atom stereocenters. The Morgan fingerprint density at radius 2 is 1.96 bits per heavy atom. The van der Waals surface area contributed by atoms with E-state index in [2.05, 4.69) is 20.4 Å². The Morgan fingerprint density at radius 1 is 1.22 bits per heavy atom. The summed E-state index contributed by atoms with van der Waals surface area (Å²) in [5.41, 5.74) is 1.32. The number of carboxylic acids is 1. The third-order valence-corrected chi connectivity index (χ3v) is 3.86. The summed E-state index contributed by atoms with van der Waals surface area (Å²) in [5, 5.41) is 16.0. The summed E-state index contributed by atoms with van der Waals surface area (Å²) < 4.78 is 10.1. The van der Waals surface area contributed by atoms with E-state index in [1.54, 1.807) is 38.3 Å². The van der Waals surface area contributed by atoms with Crippen molar-refractivity contribution in [3.8, 4) is 17.0 Å². The maximum Gasteiger partial charge on any atom is 0.375 e. The summed E-state index contributed by atoms with van der Waals surface area (Å²) in [4.78, 5) is 31.6. The van der Waals surface area contributed by atoms with Crippen LogP contribution in [0.2, 0.25) is 0 Å². The monoisotopic (exact) mass is 368 g/mol. The lowest BCUT2D eigenvalue weighted by Gasteiger charge is -2.14. The van der Waals surface area contributed by atoms with Crippen LogP contribution >= 0.6 is 0 Å². The van der Waals surface area contributed by atoms with Gasteiger partial charge >= 0.3 is 5.97 Å². The molecule has 0 bridgehead atoms. The van der Waals surface area contributed by atoms with Gasteiger partial charge in [0.15, 0.2) is 0 Å². The molecule has 3 aromatic rings. The van der Waals surface area contributed by atoms with Crippen LogP contribution in [0.4, 0.5) is 0 Å². The quantitative estimate of drug-likeness (QED) is 0.678. The maximum atomic E-state index is 12.3. The number of nitrogens with zero attached hydrogens (tertiary/aromatic N) is 3. The van der Waals surface area contributed by atoms with Crippen molar-refractivity contribution in [3.05, 3.63) is 59.9 Å². The normalized spacial score (nSPS) is 11.6. The number of hydrogen-bond donors (Lipinski definition) is 2. The van der Waals surface area contributed by atoms with E-state index >= 15 is 0 Å². The van der Waals surface area contributed by atoms with Gasteiger partial charge in [0.1, 0.15) is 17.1 Å². The summed E-state index contributed by atoms with van der Waals surface area (Å²) in [6.45, 7) is 1.64. The van der Waals surface area contributed by atoms with Crippen LogP contribution in [0.5, 0.6) is 5.75 Å². The zero-order chi connectivity index (χ0) is 19.4. The largest absolute Gasteiger partial charge is 0.497 e. The summed E-state index contributed by atoms with van der Waals surface area (Å²) in [5.74, 6) is -1.47. The van der Waals surface area contributed by atoms with Crippen LogP contribution in [-0.4, -0.2) is 39.2 Å². The summed E-state index contributed by atoms with van der Waals surface area (Å²) >= 11 is 0. The number of hydrogen-bond acceptors (Lipinski definition) is 7. The van der Waals surface area contributed by atoms with E-state index in [4.69, 9.17) is 9.26 Å². The van der Waals surface area contributed by atoms with Crippen molar-refractivity contribution in [1.29, 1.82) is 0 Å². The van der Waals surface area contributed by atoms with Gasteiger partial charge in [-0.15, -0.1) is 0 Å². The van der Waals surface area contributed by atoms with E-state index in [1.807, 2.05) is 0 Å². The zero-order valence-electron chi connectivity index (χ0n) is 14.5. The van der Waals surface area contributed by atoms with Crippen molar-refractivity contribution < 1.29 is 24.0 Å². The van der Waals surface area contributed by atoms with Crippen LogP contribution in [0.15, 0.2) is 47.4 Å². The first-order valence-electron chi connectivity index (χ1n) is 7.95. The molecule has 0 aliphatic rings. The van der Waals surface area contributed by atoms with Crippen LogP contribution in [0, 0.1) is 0 Å². The Balaban J connectivity index is 1.95. The second kappa shape index (κ2) is 7.65. The van der Waals surface area contributed by atoms with Gasteiger partial charge in [-0.2, -0.15) is 0 Å². The number of nitrogens with one attached hydrogen (secondary N) is 1. The number of rotatable bonds is 6. The van der Waals surface area contributed by atoms with Gasteiger partial charge < -0.3 is 19.7 Å². The Bertz CT molecular complexity index is 954. The minimum atomic E-state index is -1.28. The molecule has 2 N–H and O–H groups in total. The summed E-state index contributed by atoms with van der Waals surface area (Å²) in [6, 6.07) is 6.19. The Hall–Kier alpha value is -3.75. The van der Waals surface area contributed by atoms with E-state index in [0.29, 0.717) is 17.0 Å². The van der Waals surface area contributed by atoms with Crippen molar-refractivity contribution in [1.82, 2.24) is 20.4 Å². The molecule has 2 heterocycles. The van der Waals surface area contributed by atoms with Crippen molar-refractivity contribution >= 4 is 11.9 Å². The molecule has 138 valence electrons. The topological polar surface area (TPSA) is 127 Å². The third-order valence-electron chi connectivity index (χ3n) is 3.86. The number of benzene rings is 1. The Labute approximate surface area is 154 Å². The number of aromatic nitrogens is 3. The molecule has 0 aliphatic heterocycles. The summed E-state index contributed by atoms with van der Waals surface area (Å²) in [6.07, 6.45) is 4.16. The fourth-order valence-corrected chi connectivity index (χ4v) is 2.57. The van der Waals surface area contributed by atoms with Gasteiger partial charge in [-0.05, 0) is 31.2 Å². The van der Waals surface area contributed by atoms with Crippen LogP contribution < -0.4 is 10.1 Å². The first kappa shape index (κ1) is 18.1. The number of carbonyl (C=O) groups is 2. The molecule has 9 nitrogen and oxygen atoms in total. The lowest BCUT2D eigenvalue weighted by molar-refractivity contribution is 0.0648. The van der Waals surface area contributed by atoms with E-state index in [9.17, 15) is 14.7 Å². The van der Waals surface area contributed by atoms with Crippen LogP contribution in [0.3, 0.4) is 0 Å². The average Bonchev–Trinajstić information content (AvgIpc) is 3.14. The number of amides is 1. The lowest BCUT2D eigenvalue weighted by atomic mass is 10.0. The number of methoxy groups -OCH3 is 1. The SMILES string of the molecule is COc1ccc(-c2noc(C(=O)O)c2[C@@H](C)NC(=O)c2cnccn2)cc1. The van der Waals surface area contributed by atoms with Crippen LogP contribution in [-0.2, 0) is 0 Å². The number of ether oxygens (including phenoxy) is 1. The molecule has 0 saturated heterocycles. The minimum Gasteiger partial charge on any atom is -0.497 e. The molecule has 0 spiro atoms. The highest BCUT2D eigenvalue weighted by Gasteiger charge is 2.28. The van der Waals surface area contributed by atoms with E-state index in [-0.39, 0.29) is 17.0 Å². The fraction of sp³-hybridized carbons (Fsp3) is 0.167. The van der Waals surface area contributed by atoms with Gasteiger partial charge in [-0.3, -0.25) is 9.78 Å². The predicted octanol–water partition coefficient (Wildman–Crippen LogP) is 2.33. The zero-order valence-corrected chi connectivity index (χ0v) is 14.5. The van der Waals surface area contributed by atoms with E-state index in [1.165, 1.54) is 18.6 Å². The first-order valence-corrected chi connectivity index (χ1v) is 7.95. The highest BCUT2D eigenvalue weighted by Crippen LogP contribution is 2.31. The lowest BCUT2D eigenvalue weighted by Crippen LogP contribution is -2.28. The molecular weight excluding hydrogens is 352 g/mol. The molecular formula is C18H16N4O5. The van der Waals surface area contributed by atoms with Crippen LogP contribution in [0.25, 0.3) is 11.3 Å². The van der Waals surface area contributed by atoms with Crippen molar-refractivity contribution in [2.45, 2.75) is 13.0 Å². The van der Waals surface area contributed by atoms with Gasteiger partial charge in [0.05, 0.1) is 24.9 Å². The second-order valence-electron chi connectivity index (χ2n) is 5.59. The highest BCUT2D eigenvalue weighted by molar-refractivity contribution is 5.93. The third kappa shape index (κ3) is 3.76. The molecule has 1 atom stereocenters. The molecule has 1 amide bonds. The molecule has 0 saturated carbocycles. The molecule has 27 heavy (non-hydrogen) atoms. The second-order valence-corrected chi connectivity index (χ2v) is 5.59. The minimum absolute atomic E-state index is 0.115. The van der Waals surface area contributed by atoms with Gasteiger partial charge in [-0.1, -0.05) is 5.16 Å². The summed E-state index contributed by atoms with van der Waals surface area (Å²) in [7, 11) is 1.54. The van der Waals surface area contributed by atoms with Crippen LogP contribution in [0.1, 0.15) is 39.6 Å². The van der Waals surface area contributed by atoms with E-state index < -0.39 is 17.9 Å². The predicted molar refractivity (Wildman–Crippen MR) is 93.4 cm³/mol. The molecule has 0 radical (unpaired) electrons. The van der Waals surface area contributed by atoms with Crippen molar-refractivity contribution in [2.24, 2.45) is 0 Å². The number of aromatic carboxylic acids is 1. The number of carbonyl (C=O) groups excluding carboxylic acids is 1. The van der Waals surface area contributed by atoms with Crippen molar-refractivity contribution in [3.63, 3.8) is 0 Å². The Morgan fingerprint density at radius 3 is 2.56 bits per heavy atom. The fourth-order valence-electron chi connectivity index (χ4n) is 2.57. The molecule has 3 rings (SSSR count). The average molecular weight is 368 g/mol. The highest BCUT2D eigenvalue weighted by atomic mass is 16.5. The van der Waals surface area contributed by atoms with Gasteiger partial charge in [0.2, 0.25) is 5.76 Å². The van der Waals surface area contributed by atoms with Gasteiger partial charge in [0.25, 0.3) is 5.91 Å². The first-order chi connectivity index (χ1) is 13.0. The maximum absolute atomic E-state index is 12.3. The smallest absolute Gasteiger partial charge is 0.375 e. The number of carboxylic acid groups (broad SMARTS) is 1. The van der Waals surface area contributed by atoms with Gasteiger partial charge in [-0.25, -0.2) is 9.78 Å². The molecule has 2 aromatic heterocycles. The van der Waals surface area contributed by atoms with E-state index in [0.717, 1.165) is 0 Å². The molecule has 1 aromatic carbocycles.